The molecular formula is C13H21N3. The first kappa shape index (κ1) is 11.6. The van der Waals surface area contributed by atoms with Gasteiger partial charge in [-0.15, -0.1) is 0 Å². The van der Waals surface area contributed by atoms with Gasteiger partial charge in [0.1, 0.15) is 0 Å². The van der Waals surface area contributed by atoms with Crippen molar-refractivity contribution in [2.45, 2.75) is 18.4 Å². The van der Waals surface area contributed by atoms with Crippen molar-refractivity contribution in [3.05, 3.63) is 35.9 Å². The third-order valence-corrected chi connectivity index (χ3v) is 3.36. The summed E-state index contributed by atoms with van der Waals surface area (Å²) in [5.41, 5.74) is 4.40. The molecule has 16 heavy (non-hydrogen) atoms. The van der Waals surface area contributed by atoms with Gasteiger partial charge < -0.3 is 4.90 Å². The summed E-state index contributed by atoms with van der Waals surface area (Å²) in [7, 11) is 4.18. The van der Waals surface area contributed by atoms with Crippen LogP contribution in [0.5, 0.6) is 0 Å². The van der Waals surface area contributed by atoms with E-state index in [-0.39, 0.29) is 0 Å². The summed E-state index contributed by atoms with van der Waals surface area (Å²) in [6.45, 7) is 1.00. The van der Waals surface area contributed by atoms with Crippen LogP contribution in [-0.4, -0.2) is 31.6 Å². The molecule has 1 aromatic carbocycles. The molecular weight excluding hydrogens is 198 g/mol. The van der Waals surface area contributed by atoms with Crippen molar-refractivity contribution in [3.63, 3.8) is 0 Å². The average molecular weight is 219 g/mol. The molecule has 1 aromatic rings. The van der Waals surface area contributed by atoms with Crippen molar-refractivity contribution in [1.29, 1.82) is 0 Å². The Bertz CT molecular complexity index is 323. The van der Waals surface area contributed by atoms with Crippen LogP contribution in [-0.2, 0) is 0 Å². The predicted octanol–water partition coefficient (Wildman–Crippen LogP) is 1.18. The number of hydrazine groups is 1. The number of nitrogens with zero attached hydrogens (tertiary/aromatic N) is 1. The Morgan fingerprint density at radius 2 is 2.06 bits per heavy atom. The standard InChI is InChI=1S/C13H21N3/c1-16(2)9-13(15-14)12-8-11(12)10-6-4-3-5-7-10/h3-7,11-13,15H,8-9,14H2,1-2H3. The van der Waals surface area contributed by atoms with Crippen LogP contribution in [0.4, 0.5) is 0 Å². The van der Waals surface area contributed by atoms with Crippen LogP contribution in [0.1, 0.15) is 17.9 Å². The van der Waals surface area contributed by atoms with Crippen molar-refractivity contribution < 1.29 is 0 Å². The zero-order chi connectivity index (χ0) is 11.5. The fraction of sp³-hybridized carbons (Fsp3) is 0.538. The normalized spacial score (nSPS) is 25.8. The van der Waals surface area contributed by atoms with E-state index < -0.39 is 0 Å². The molecule has 3 nitrogen and oxygen atoms in total. The van der Waals surface area contributed by atoms with Gasteiger partial charge in [0.25, 0.3) is 0 Å². The molecule has 1 aliphatic rings. The first-order chi connectivity index (χ1) is 7.72. The number of hydrogen-bond donors (Lipinski definition) is 2. The lowest BCUT2D eigenvalue weighted by atomic mass is 10.1. The summed E-state index contributed by atoms with van der Waals surface area (Å²) in [5.74, 6) is 7.01. The molecule has 3 unspecified atom stereocenters. The van der Waals surface area contributed by atoms with Crippen LogP contribution in [0.25, 0.3) is 0 Å². The van der Waals surface area contributed by atoms with Crippen LogP contribution >= 0.6 is 0 Å². The smallest absolute Gasteiger partial charge is 0.0371 e. The summed E-state index contributed by atoms with van der Waals surface area (Å²) >= 11 is 0. The fourth-order valence-corrected chi connectivity index (χ4v) is 2.45. The van der Waals surface area contributed by atoms with Gasteiger partial charge in [0, 0.05) is 12.6 Å². The van der Waals surface area contributed by atoms with Crippen molar-refractivity contribution in [2.24, 2.45) is 11.8 Å². The number of hydrogen-bond acceptors (Lipinski definition) is 3. The first-order valence-corrected chi connectivity index (χ1v) is 5.88. The molecule has 3 atom stereocenters. The van der Waals surface area contributed by atoms with Crippen molar-refractivity contribution in [1.82, 2.24) is 10.3 Å². The molecule has 0 radical (unpaired) electrons. The van der Waals surface area contributed by atoms with Gasteiger partial charge >= 0.3 is 0 Å². The highest BCUT2D eigenvalue weighted by Crippen LogP contribution is 2.49. The quantitative estimate of drug-likeness (QED) is 0.577. The minimum Gasteiger partial charge on any atom is -0.308 e. The van der Waals surface area contributed by atoms with E-state index in [9.17, 15) is 0 Å². The van der Waals surface area contributed by atoms with Crippen LogP contribution in [0.2, 0.25) is 0 Å². The van der Waals surface area contributed by atoms with E-state index in [1.807, 2.05) is 0 Å². The zero-order valence-corrected chi connectivity index (χ0v) is 10.1. The lowest BCUT2D eigenvalue weighted by molar-refractivity contribution is 0.316. The van der Waals surface area contributed by atoms with E-state index in [0.717, 1.165) is 6.54 Å². The van der Waals surface area contributed by atoms with E-state index in [1.54, 1.807) is 0 Å². The Morgan fingerprint density at radius 1 is 1.38 bits per heavy atom. The molecule has 0 bridgehead atoms. The molecule has 0 aromatic heterocycles. The molecule has 0 heterocycles. The third-order valence-electron chi connectivity index (χ3n) is 3.36. The van der Waals surface area contributed by atoms with E-state index in [0.29, 0.717) is 17.9 Å². The Morgan fingerprint density at radius 3 is 2.62 bits per heavy atom. The molecule has 3 N–H and O–H groups in total. The Balaban J connectivity index is 1.94. The lowest BCUT2D eigenvalue weighted by Crippen LogP contribution is -2.44. The predicted molar refractivity (Wildman–Crippen MR) is 67.0 cm³/mol. The van der Waals surface area contributed by atoms with Gasteiger partial charge in [0.15, 0.2) is 0 Å². The van der Waals surface area contributed by atoms with Crippen molar-refractivity contribution in [3.8, 4) is 0 Å². The molecule has 0 saturated heterocycles. The highest BCUT2D eigenvalue weighted by Gasteiger charge is 2.43. The van der Waals surface area contributed by atoms with E-state index in [1.165, 1.54) is 12.0 Å². The van der Waals surface area contributed by atoms with Gasteiger partial charge in [-0.05, 0) is 37.9 Å². The maximum atomic E-state index is 5.63. The number of nitrogens with two attached hydrogens (primary N) is 1. The second kappa shape index (κ2) is 4.95. The first-order valence-electron chi connectivity index (χ1n) is 5.88. The van der Waals surface area contributed by atoms with Crippen LogP contribution in [0, 0.1) is 5.92 Å². The van der Waals surface area contributed by atoms with Gasteiger partial charge in [0.2, 0.25) is 0 Å². The Kier molecular flexibility index (Phi) is 3.59. The molecule has 0 amide bonds. The monoisotopic (exact) mass is 219 g/mol. The summed E-state index contributed by atoms with van der Waals surface area (Å²) in [6, 6.07) is 11.1. The molecule has 88 valence electrons. The number of likely N-dealkylation sites (N-methyl/N-ethyl adjacent to an activating group) is 1. The SMILES string of the molecule is CN(C)CC(NN)C1CC1c1ccccc1. The number of benzene rings is 1. The number of rotatable bonds is 5. The summed E-state index contributed by atoms with van der Waals surface area (Å²) < 4.78 is 0. The Hall–Kier alpha value is -0.900. The molecule has 1 fully saturated rings. The van der Waals surface area contributed by atoms with E-state index in [4.69, 9.17) is 5.84 Å². The molecule has 1 saturated carbocycles. The summed E-state index contributed by atoms with van der Waals surface area (Å²) in [4.78, 5) is 2.19. The van der Waals surface area contributed by atoms with Crippen LogP contribution in [0.3, 0.4) is 0 Å². The van der Waals surface area contributed by atoms with Gasteiger partial charge in [-0.1, -0.05) is 30.3 Å². The van der Waals surface area contributed by atoms with Gasteiger partial charge in [-0.3, -0.25) is 11.3 Å². The van der Waals surface area contributed by atoms with E-state index in [2.05, 4.69) is 54.8 Å². The molecule has 1 aliphatic carbocycles. The van der Waals surface area contributed by atoms with Crippen molar-refractivity contribution in [2.75, 3.05) is 20.6 Å². The van der Waals surface area contributed by atoms with Crippen molar-refractivity contribution >= 4 is 0 Å². The van der Waals surface area contributed by atoms with Gasteiger partial charge in [0.05, 0.1) is 0 Å². The lowest BCUT2D eigenvalue weighted by Gasteiger charge is -2.20. The van der Waals surface area contributed by atoms with Crippen LogP contribution in [0.15, 0.2) is 30.3 Å². The highest BCUT2D eigenvalue weighted by atomic mass is 15.3. The van der Waals surface area contributed by atoms with Gasteiger partial charge in [-0.2, -0.15) is 0 Å². The molecule has 0 spiro atoms. The largest absolute Gasteiger partial charge is 0.308 e. The molecule has 2 rings (SSSR count). The highest BCUT2D eigenvalue weighted by molar-refractivity contribution is 5.26. The second-order valence-corrected chi connectivity index (χ2v) is 4.95. The summed E-state index contributed by atoms with van der Waals surface area (Å²) in [5, 5.41) is 0. The average Bonchev–Trinajstić information content (AvgIpc) is 3.07. The molecule has 3 heteroatoms. The number of nitrogens with one attached hydrogen (secondary N) is 1. The van der Waals surface area contributed by atoms with Crippen LogP contribution < -0.4 is 11.3 Å². The maximum absolute atomic E-state index is 5.63. The van der Waals surface area contributed by atoms with Gasteiger partial charge in [-0.25, -0.2) is 0 Å². The Labute approximate surface area is 97.6 Å². The van der Waals surface area contributed by atoms with E-state index >= 15 is 0 Å². The third kappa shape index (κ3) is 2.61. The second-order valence-electron chi connectivity index (χ2n) is 4.95. The zero-order valence-electron chi connectivity index (χ0n) is 10.1. The summed E-state index contributed by atoms with van der Waals surface area (Å²) in [6.07, 6.45) is 1.26. The topological polar surface area (TPSA) is 41.3 Å². The maximum Gasteiger partial charge on any atom is 0.0371 e. The molecule has 0 aliphatic heterocycles. The minimum absolute atomic E-state index is 0.403. The fourth-order valence-electron chi connectivity index (χ4n) is 2.45. The minimum atomic E-state index is 0.403.